The smallest absolute Gasteiger partial charge is 0.281 e. The molecule has 5 heteroatoms. The Labute approximate surface area is 85.4 Å². The molecule has 1 aromatic heterocycles. The topological polar surface area (TPSA) is 30.7 Å². The molecule has 1 heterocycles. The van der Waals surface area contributed by atoms with Gasteiger partial charge in [-0.15, -0.1) is 10.2 Å². The molecule has 0 aliphatic carbocycles. The van der Waals surface area contributed by atoms with Gasteiger partial charge in [0.15, 0.2) is 0 Å². The molecule has 3 nitrogen and oxygen atoms in total. The van der Waals surface area contributed by atoms with E-state index in [1.807, 2.05) is 6.07 Å². The zero-order chi connectivity index (χ0) is 10.9. The maximum Gasteiger partial charge on any atom is 0.304 e. The van der Waals surface area contributed by atoms with E-state index >= 15 is 0 Å². The van der Waals surface area contributed by atoms with Gasteiger partial charge in [0, 0.05) is 12.6 Å². The molecule has 0 spiro atoms. The monoisotopic (exact) mass is 209 g/mol. The van der Waals surface area contributed by atoms with Crippen molar-refractivity contribution in [1.82, 2.24) is 14.8 Å². The van der Waals surface area contributed by atoms with E-state index in [1.165, 1.54) is 10.9 Å². The maximum atomic E-state index is 13.1. The van der Waals surface area contributed by atoms with Gasteiger partial charge in [-0.05, 0) is 12.1 Å². The van der Waals surface area contributed by atoms with E-state index in [9.17, 15) is 8.78 Å². The highest BCUT2D eigenvalue weighted by atomic mass is 19.3. The summed E-state index contributed by atoms with van der Waals surface area (Å²) in [5.41, 5.74) is 0.624. The molecule has 0 aliphatic rings. The van der Waals surface area contributed by atoms with Crippen molar-refractivity contribution in [2.45, 2.75) is 12.8 Å². The molecular weight excluding hydrogens is 200 g/mol. The van der Waals surface area contributed by atoms with Crippen molar-refractivity contribution in [3.05, 3.63) is 42.5 Å². The lowest BCUT2D eigenvalue weighted by Crippen LogP contribution is -2.14. The second kappa shape index (κ2) is 3.42. The highest BCUT2D eigenvalue weighted by Crippen LogP contribution is 2.26. The summed E-state index contributed by atoms with van der Waals surface area (Å²) in [5, 5.41) is 6.92. The number of para-hydroxylation sites is 1. The Morgan fingerprint density at radius 2 is 1.87 bits per heavy atom. The van der Waals surface area contributed by atoms with Gasteiger partial charge in [0.25, 0.3) is 0 Å². The molecule has 0 saturated carbocycles. The van der Waals surface area contributed by atoms with E-state index < -0.39 is 5.92 Å². The van der Waals surface area contributed by atoms with E-state index in [-0.39, 0.29) is 5.82 Å². The molecule has 0 saturated heterocycles. The van der Waals surface area contributed by atoms with Crippen molar-refractivity contribution in [3.63, 3.8) is 0 Å². The fourth-order valence-electron chi connectivity index (χ4n) is 1.31. The van der Waals surface area contributed by atoms with Crippen molar-refractivity contribution in [1.29, 1.82) is 0 Å². The first-order valence-electron chi connectivity index (χ1n) is 4.43. The zero-order valence-electron chi connectivity index (χ0n) is 8.06. The number of aromatic nitrogens is 3. The number of rotatable bonds is 2. The van der Waals surface area contributed by atoms with Crippen LogP contribution in [0.15, 0.2) is 36.7 Å². The molecule has 0 bridgehead atoms. The molecule has 0 unspecified atom stereocenters. The molecule has 78 valence electrons. The molecule has 0 N–H and O–H groups in total. The summed E-state index contributed by atoms with van der Waals surface area (Å²) in [5.74, 6) is -3.35. The first kappa shape index (κ1) is 9.76. The summed E-state index contributed by atoms with van der Waals surface area (Å²) >= 11 is 0. The van der Waals surface area contributed by atoms with Gasteiger partial charge in [0.2, 0.25) is 5.82 Å². The van der Waals surface area contributed by atoms with Crippen molar-refractivity contribution in [2.75, 3.05) is 0 Å². The van der Waals surface area contributed by atoms with Crippen LogP contribution >= 0.6 is 0 Å². The van der Waals surface area contributed by atoms with Gasteiger partial charge in [-0.2, -0.15) is 8.78 Å². The minimum atomic E-state index is -2.99. The number of alkyl halides is 2. The number of halogens is 2. The summed E-state index contributed by atoms with van der Waals surface area (Å²) < 4.78 is 27.5. The molecule has 2 rings (SSSR count). The van der Waals surface area contributed by atoms with E-state index in [1.54, 1.807) is 24.3 Å². The molecule has 1 aromatic carbocycles. The van der Waals surface area contributed by atoms with Gasteiger partial charge < -0.3 is 0 Å². The quantitative estimate of drug-likeness (QED) is 0.760. The average Bonchev–Trinajstić information content (AvgIpc) is 2.67. The summed E-state index contributed by atoms with van der Waals surface area (Å²) in [6.07, 6.45) is 1.28. The lowest BCUT2D eigenvalue weighted by molar-refractivity contribution is 0.00587. The van der Waals surface area contributed by atoms with Gasteiger partial charge in [-0.3, -0.25) is 4.57 Å². The minimum absolute atomic E-state index is 0.353. The third kappa shape index (κ3) is 1.86. The normalized spacial score (nSPS) is 11.7. The Kier molecular flexibility index (Phi) is 2.22. The van der Waals surface area contributed by atoms with Gasteiger partial charge in [-0.25, -0.2) is 0 Å². The van der Waals surface area contributed by atoms with E-state index in [0.29, 0.717) is 5.69 Å². The summed E-state index contributed by atoms with van der Waals surface area (Å²) in [4.78, 5) is 0. The highest BCUT2D eigenvalue weighted by molar-refractivity contribution is 5.32. The number of hydrogen-bond donors (Lipinski definition) is 0. The van der Waals surface area contributed by atoms with Crippen molar-refractivity contribution < 1.29 is 8.78 Å². The van der Waals surface area contributed by atoms with Crippen LogP contribution in [-0.2, 0) is 5.92 Å². The lowest BCUT2D eigenvalue weighted by atomic mass is 10.3. The van der Waals surface area contributed by atoms with Gasteiger partial charge >= 0.3 is 5.92 Å². The van der Waals surface area contributed by atoms with Gasteiger partial charge in [-0.1, -0.05) is 18.2 Å². The van der Waals surface area contributed by atoms with Crippen LogP contribution in [0, 0.1) is 0 Å². The first-order valence-corrected chi connectivity index (χ1v) is 4.43. The third-order valence-electron chi connectivity index (χ3n) is 1.97. The highest BCUT2D eigenvalue weighted by Gasteiger charge is 2.31. The van der Waals surface area contributed by atoms with Crippen LogP contribution in [-0.4, -0.2) is 14.8 Å². The van der Waals surface area contributed by atoms with Crippen LogP contribution in [0.25, 0.3) is 5.69 Å². The molecule has 0 atom stereocenters. The second-order valence-corrected chi connectivity index (χ2v) is 3.25. The van der Waals surface area contributed by atoms with Crippen LogP contribution in [0.1, 0.15) is 12.7 Å². The molecule has 0 amide bonds. The summed E-state index contributed by atoms with van der Waals surface area (Å²) in [7, 11) is 0. The molecule has 0 radical (unpaired) electrons. The van der Waals surface area contributed by atoms with E-state index in [4.69, 9.17) is 0 Å². The maximum absolute atomic E-state index is 13.1. The van der Waals surface area contributed by atoms with Crippen LogP contribution in [0.3, 0.4) is 0 Å². The summed E-state index contributed by atoms with van der Waals surface area (Å²) in [6, 6.07) is 8.80. The largest absolute Gasteiger partial charge is 0.304 e. The molecular formula is C10H9F2N3. The molecule has 2 aromatic rings. The summed E-state index contributed by atoms with van der Waals surface area (Å²) in [6.45, 7) is 0.802. The predicted octanol–water partition coefficient (Wildman–Crippen LogP) is 2.38. The molecule has 15 heavy (non-hydrogen) atoms. The Morgan fingerprint density at radius 1 is 1.20 bits per heavy atom. The van der Waals surface area contributed by atoms with E-state index in [2.05, 4.69) is 10.2 Å². The van der Waals surface area contributed by atoms with Gasteiger partial charge in [0.05, 0.1) is 0 Å². The SMILES string of the molecule is CC(F)(F)c1nncn1-c1ccccc1. The van der Waals surface area contributed by atoms with Crippen molar-refractivity contribution in [3.8, 4) is 5.69 Å². The number of hydrogen-bond acceptors (Lipinski definition) is 2. The minimum Gasteiger partial charge on any atom is -0.281 e. The Balaban J connectivity index is 2.51. The van der Waals surface area contributed by atoms with Gasteiger partial charge in [0.1, 0.15) is 6.33 Å². The third-order valence-corrected chi connectivity index (χ3v) is 1.97. The predicted molar refractivity (Wildman–Crippen MR) is 50.9 cm³/mol. The van der Waals surface area contributed by atoms with Crippen LogP contribution in [0.4, 0.5) is 8.78 Å². The zero-order valence-corrected chi connectivity index (χ0v) is 8.06. The van der Waals surface area contributed by atoms with E-state index in [0.717, 1.165) is 6.92 Å². The fraction of sp³-hybridized carbons (Fsp3) is 0.200. The molecule has 0 fully saturated rings. The lowest BCUT2D eigenvalue weighted by Gasteiger charge is -2.11. The van der Waals surface area contributed by atoms with Crippen molar-refractivity contribution in [2.24, 2.45) is 0 Å². The Bertz CT molecular complexity index is 445. The average molecular weight is 209 g/mol. The standard InChI is InChI=1S/C10H9F2N3/c1-10(11,12)9-14-13-7-15(9)8-5-3-2-4-6-8/h2-7H,1H3. The molecule has 0 aliphatic heterocycles. The van der Waals surface area contributed by atoms with Crippen LogP contribution < -0.4 is 0 Å². The van der Waals surface area contributed by atoms with Crippen LogP contribution in [0.2, 0.25) is 0 Å². The Hall–Kier alpha value is -1.78. The number of nitrogens with zero attached hydrogens (tertiary/aromatic N) is 3. The number of benzene rings is 1. The second-order valence-electron chi connectivity index (χ2n) is 3.25. The fourth-order valence-corrected chi connectivity index (χ4v) is 1.31. The first-order chi connectivity index (χ1) is 7.09. The Morgan fingerprint density at radius 3 is 2.47 bits per heavy atom. The van der Waals surface area contributed by atoms with Crippen LogP contribution in [0.5, 0.6) is 0 Å². The van der Waals surface area contributed by atoms with Crippen molar-refractivity contribution >= 4 is 0 Å².